The first kappa shape index (κ1) is 19.8. The van der Waals surface area contributed by atoms with Gasteiger partial charge in [-0.3, -0.25) is 14.5 Å². The van der Waals surface area contributed by atoms with E-state index in [-0.39, 0.29) is 22.4 Å². The molecule has 3 rings (SSSR count). The first-order valence-electron chi connectivity index (χ1n) is 7.84. The van der Waals surface area contributed by atoms with Crippen LogP contribution in [0.5, 0.6) is 0 Å². The Morgan fingerprint density at radius 2 is 2.14 bits per heavy atom. The molecule has 0 spiro atoms. The van der Waals surface area contributed by atoms with Crippen molar-refractivity contribution >= 4 is 52.6 Å². The molecule has 3 atom stereocenters. The topological polar surface area (TPSA) is 158 Å². The van der Waals surface area contributed by atoms with Gasteiger partial charge in [-0.05, 0) is 13.0 Å². The zero-order valence-electron chi connectivity index (χ0n) is 14.3. The molecule has 0 saturated carbocycles. The molecule has 3 heterocycles. The second-order valence-corrected chi connectivity index (χ2v) is 7.95. The Hall–Kier alpha value is -2.93. The largest absolute Gasteiger partial charge is 0.479 e. The number of thiazole rings is 1. The minimum absolute atomic E-state index is 0.120. The van der Waals surface area contributed by atoms with E-state index in [0.29, 0.717) is 0 Å². The fourth-order valence-corrected chi connectivity index (χ4v) is 4.49. The highest BCUT2D eigenvalue weighted by Gasteiger charge is 2.54. The Morgan fingerprint density at radius 3 is 2.75 bits per heavy atom. The van der Waals surface area contributed by atoms with Crippen LogP contribution < -0.4 is 5.32 Å². The van der Waals surface area contributed by atoms with E-state index in [9.17, 15) is 24.3 Å². The maximum absolute atomic E-state index is 12.6. The van der Waals surface area contributed by atoms with E-state index < -0.39 is 41.8 Å². The molecule has 1 saturated heterocycles. The Balaban J connectivity index is 1.76. The number of rotatable bonds is 7. The number of nitrogens with zero attached hydrogens (tertiary/aromatic N) is 3. The molecule has 0 aliphatic carbocycles. The van der Waals surface area contributed by atoms with Gasteiger partial charge in [0.2, 0.25) is 6.61 Å². The third-order valence-corrected chi connectivity index (χ3v) is 5.70. The Morgan fingerprint density at radius 1 is 1.39 bits per heavy atom. The Labute approximate surface area is 166 Å². The van der Waals surface area contributed by atoms with Gasteiger partial charge in [-0.1, -0.05) is 5.16 Å². The normalized spacial score (nSPS) is 24.0. The minimum atomic E-state index is -1.27. The number of oxime groups is 1. The summed E-state index contributed by atoms with van der Waals surface area (Å²) >= 11 is 2.52. The molecule has 1 aromatic rings. The predicted molar refractivity (Wildman–Crippen MR) is 97.6 cm³/mol. The van der Waals surface area contributed by atoms with Gasteiger partial charge < -0.3 is 20.4 Å². The summed E-state index contributed by atoms with van der Waals surface area (Å²) in [5.41, 5.74) is 1.21. The molecule has 1 fully saturated rings. The second-order valence-electron chi connectivity index (χ2n) is 5.73. The molecular formula is C15H14N4O7S2. The number of nitrogens with one attached hydrogen (secondary N) is 1. The van der Waals surface area contributed by atoms with Gasteiger partial charge in [-0.15, -0.1) is 23.1 Å². The van der Waals surface area contributed by atoms with Crippen LogP contribution in [-0.4, -0.2) is 72.8 Å². The number of hydrogen-bond donors (Lipinski definition) is 3. The molecule has 0 bridgehead atoms. The molecule has 0 radical (unpaired) electrons. The fourth-order valence-electron chi connectivity index (χ4n) is 2.62. The average molecular weight is 426 g/mol. The van der Waals surface area contributed by atoms with Crippen LogP contribution in [-0.2, 0) is 24.0 Å². The van der Waals surface area contributed by atoms with Crippen molar-refractivity contribution in [2.45, 2.75) is 23.6 Å². The molecule has 11 nitrogen and oxygen atoms in total. The number of carbonyl (C=O) groups is 4. The number of carbonyl (C=O) groups excluding carboxylic acids is 2. The number of fused-ring (bicyclic) bond motifs is 1. The number of aromatic nitrogens is 1. The summed E-state index contributed by atoms with van der Waals surface area (Å²) < 4.78 is 0. The van der Waals surface area contributed by atoms with E-state index >= 15 is 0 Å². The first-order chi connectivity index (χ1) is 13.3. The van der Waals surface area contributed by atoms with Crippen molar-refractivity contribution < 1.29 is 34.2 Å². The number of hydrogen-bond acceptors (Lipinski definition) is 9. The number of carboxylic acids is 2. The second kappa shape index (κ2) is 7.98. The summed E-state index contributed by atoms with van der Waals surface area (Å²) in [4.78, 5) is 56.7. The molecule has 2 amide bonds. The van der Waals surface area contributed by atoms with Crippen molar-refractivity contribution in [1.82, 2.24) is 15.2 Å². The van der Waals surface area contributed by atoms with E-state index in [0.717, 1.165) is 4.90 Å². The van der Waals surface area contributed by atoms with Crippen molar-refractivity contribution in [1.29, 1.82) is 0 Å². The van der Waals surface area contributed by atoms with E-state index in [4.69, 9.17) is 5.11 Å². The Bertz CT molecular complexity index is 883. The average Bonchev–Trinajstić information content (AvgIpc) is 3.16. The van der Waals surface area contributed by atoms with Crippen LogP contribution in [0.3, 0.4) is 0 Å². The van der Waals surface area contributed by atoms with Crippen LogP contribution in [0.25, 0.3) is 0 Å². The lowest BCUT2D eigenvalue weighted by Crippen LogP contribution is -2.71. The number of β-lactam (4-membered cyclic amide) rings is 1. The maximum Gasteiger partial charge on any atom is 0.352 e. The smallest absolute Gasteiger partial charge is 0.352 e. The van der Waals surface area contributed by atoms with Crippen molar-refractivity contribution in [2.24, 2.45) is 5.16 Å². The lowest BCUT2D eigenvalue weighted by atomic mass is 10.0. The van der Waals surface area contributed by atoms with Gasteiger partial charge in [-0.2, -0.15) is 0 Å². The summed E-state index contributed by atoms with van der Waals surface area (Å²) in [5, 5.41) is 24.7. The number of carboxylic acid groups (broad SMARTS) is 2. The molecule has 3 N–H and O–H groups in total. The third-order valence-electron chi connectivity index (χ3n) is 3.79. The van der Waals surface area contributed by atoms with Crippen LogP contribution in [0.2, 0.25) is 0 Å². The zero-order valence-corrected chi connectivity index (χ0v) is 15.9. The summed E-state index contributed by atoms with van der Waals surface area (Å²) in [7, 11) is 0. The quantitative estimate of drug-likeness (QED) is 0.302. The molecule has 148 valence electrons. The number of thioether (sulfide) groups is 1. The maximum atomic E-state index is 12.6. The minimum Gasteiger partial charge on any atom is -0.479 e. The molecule has 28 heavy (non-hydrogen) atoms. The third kappa shape index (κ3) is 3.84. The van der Waals surface area contributed by atoms with Crippen LogP contribution >= 0.6 is 23.1 Å². The monoisotopic (exact) mass is 426 g/mol. The van der Waals surface area contributed by atoms with Gasteiger partial charge >= 0.3 is 11.9 Å². The highest BCUT2D eigenvalue weighted by atomic mass is 32.2. The van der Waals surface area contributed by atoms with Crippen LogP contribution in [0.15, 0.2) is 27.8 Å². The standard InChI is InChI=1S/C15H14N4O7S2/c1-6-2-8(15(24)25)19-13(23)11(14(19)28-6)17-12(22)10(7-4-27-5-16-7)18-26-3-9(20)21/h2,4-6,11,14H,3H2,1H3,(H,17,22)(H,20,21)(H,24,25)/t6?,11?,14-/m0/s1. The van der Waals surface area contributed by atoms with Crippen LogP contribution in [0, 0.1) is 0 Å². The van der Waals surface area contributed by atoms with Gasteiger partial charge in [0.15, 0.2) is 5.71 Å². The lowest BCUT2D eigenvalue weighted by molar-refractivity contribution is -0.150. The van der Waals surface area contributed by atoms with Crippen molar-refractivity contribution in [3.05, 3.63) is 28.4 Å². The van der Waals surface area contributed by atoms with Crippen LogP contribution in [0.1, 0.15) is 12.6 Å². The summed E-state index contributed by atoms with van der Waals surface area (Å²) in [5.74, 6) is -3.83. The molecule has 1 aromatic heterocycles. The fraction of sp³-hybridized carbons (Fsp3) is 0.333. The number of aliphatic carboxylic acids is 2. The van der Waals surface area contributed by atoms with Gasteiger partial charge in [0.1, 0.15) is 22.8 Å². The van der Waals surface area contributed by atoms with Gasteiger partial charge in [0, 0.05) is 10.6 Å². The molecule has 2 unspecified atom stereocenters. The summed E-state index contributed by atoms with van der Waals surface area (Å²) in [6, 6.07) is -0.952. The van der Waals surface area contributed by atoms with Crippen LogP contribution in [0.4, 0.5) is 0 Å². The highest BCUT2D eigenvalue weighted by molar-refractivity contribution is 8.00. The predicted octanol–water partition coefficient (Wildman–Crippen LogP) is -0.295. The lowest BCUT2D eigenvalue weighted by Gasteiger charge is -2.49. The molecule has 2 aliphatic rings. The van der Waals surface area contributed by atoms with E-state index in [1.807, 2.05) is 0 Å². The molecule has 13 heteroatoms. The van der Waals surface area contributed by atoms with Gasteiger partial charge in [0.05, 0.1) is 5.51 Å². The van der Waals surface area contributed by atoms with Gasteiger partial charge in [0.25, 0.3) is 11.8 Å². The van der Waals surface area contributed by atoms with Gasteiger partial charge in [-0.25, -0.2) is 14.6 Å². The highest BCUT2D eigenvalue weighted by Crippen LogP contribution is 2.40. The van der Waals surface area contributed by atoms with E-state index in [2.05, 4.69) is 20.3 Å². The zero-order chi connectivity index (χ0) is 20.4. The number of amides is 2. The first-order valence-corrected chi connectivity index (χ1v) is 9.73. The van der Waals surface area contributed by atoms with Crippen molar-refractivity contribution in [2.75, 3.05) is 6.61 Å². The van der Waals surface area contributed by atoms with E-state index in [1.165, 1.54) is 40.1 Å². The molecular weight excluding hydrogens is 412 g/mol. The molecule has 0 aromatic carbocycles. The Kier molecular flexibility index (Phi) is 5.65. The van der Waals surface area contributed by atoms with Crippen molar-refractivity contribution in [3.8, 4) is 0 Å². The summed E-state index contributed by atoms with van der Waals surface area (Å²) in [6.45, 7) is 1.04. The summed E-state index contributed by atoms with van der Waals surface area (Å²) in [6.07, 6.45) is 1.47. The van der Waals surface area contributed by atoms with E-state index in [1.54, 1.807) is 6.92 Å². The SMILES string of the molecule is CC1C=C(C(=O)O)N2C(=O)C(NC(=O)C(=NOCC(=O)O)c3cscn3)[C@@H]2S1. The van der Waals surface area contributed by atoms with Crippen molar-refractivity contribution in [3.63, 3.8) is 0 Å². The molecule has 2 aliphatic heterocycles.